The first kappa shape index (κ1) is 21.8. The first-order valence-corrected chi connectivity index (χ1v) is 11.6. The Kier molecular flexibility index (Phi) is 6.90. The second-order valence-electron chi connectivity index (χ2n) is 8.03. The lowest BCUT2D eigenvalue weighted by atomic mass is 10.00. The maximum atomic E-state index is 12.6. The summed E-state index contributed by atoms with van der Waals surface area (Å²) >= 11 is 1.59. The van der Waals surface area contributed by atoms with Crippen molar-refractivity contribution in [2.75, 3.05) is 27.8 Å². The lowest BCUT2D eigenvalue weighted by Crippen LogP contribution is -2.31. The molecule has 1 aliphatic heterocycles. The molecule has 1 aliphatic rings. The highest BCUT2D eigenvalue weighted by atomic mass is 32.1. The quantitative estimate of drug-likeness (QED) is 0.557. The number of nitrogens with zero attached hydrogens (tertiary/aromatic N) is 1. The van der Waals surface area contributed by atoms with Gasteiger partial charge in [-0.25, -0.2) is 0 Å². The molecule has 4 rings (SSSR count). The second kappa shape index (κ2) is 9.81. The van der Waals surface area contributed by atoms with Crippen molar-refractivity contribution in [2.45, 2.75) is 38.5 Å². The molecule has 0 radical (unpaired) electrons. The van der Waals surface area contributed by atoms with Crippen molar-refractivity contribution in [3.8, 4) is 5.75 Å². The number of carbonyl (C=O) groups excluding carboxylic acids is 1. The number of likely N-dealkylation sites (tertiary alicyclic amines) is 1. The van der Waals surface area contributed by atoms with E-state index >= 15 is 0 Å². The van der Waals surface area contributed by atoms with Crippen LogP contribution < -0.4 is 10.1 Å². The van der Waals surface area contributed by atoms with Crippen molar-refractivity contribution in [3.63, 3.8) is 0 Å². The van der Waals surface area contributed by atoms with Gasteiger partial charge in [0.2, 0.25) is 0 Å². The Morgan fingerprint density at radius 3 is 2.84 bits per heavy atom. The van der Waals surface area contributed by atoms with Gasteiger partial charge in [-0.2, -0.15) is 0 Å². The molecular weight excluding hydrogens is 408 g/mol. The molecule has 1 amide bonds. The average Bonchev–Trinajstić information content (AvgIpc) is 3.38. The van der Waals surface area contributed by atoms with Crippen LogP contribution in [-0.4, -0.2) is 44.7 Å². The van der Waals surface area contributed by atoms with Crippen LogP contribution in [0.2, 0.25) is 0 Å². The lowest BCUT2D eigenvalue weighted by molar-refractivity contribution is 0.0966. The van der Waals surface area contributed by atoms with E-state index in [0.717, 1.165) is 42.1 Å². The van der Waals surface area contributed by atoms with Gasteiger partial charge in [0.25, 0.3) is 5.91 Å². The summed E-state index contributed by atoms with van der Waals surface area (Å²) in [6.07, 6.45) is 3.19. The topological polar surface area (TPSA) is 50.8 Å². The number of amides is 1. The molecule has 164 valence electrons. The molecule has 3 aromatic rings. The zero-order chi connectivity index (χ0) is 21.8. The molecule has 2 heterocycles. The van der Waals surface area contributed by atoms with Crippen LogP contribution in [0.25, 0.3) is 10.1 Å². The molecule has 1 saturated heterocycles. The van der Waals surface area contributed by atoms with Gasteiger partial charge >= 0.3 is 0 Å². The Balaban J connectivity index is 1.61. The number of carbonyl (C=O) groups is 1. The second-order valence-corrected chi connectivity index (χ2v) is 9.09. The standard InChI is InChI=1S/C25H30N2O3S/c1-26-25(28)24-21(20-8-4-5-9-23(20)31-24)14-19-7-6-12-27(19)15-18-13-17(16-29-2)10-11-22(18)30-3/h4-5,8-11,13,19H,6-7,12,14-16H2,1-3H3,(H,26,28). The Morgan fingerprint density at radius 1 is 1.23 bits per heavy atom. The van der Waals surface area contributed by atoms with Crippen LogP contribution in [0, 0.1) is 0 Å². The molecule has 5 nitrogen and oxygen atoms in total. The molecule has 1 fully saturated rings. The number of fused-ring (bicyclic) bond motifs is 1. The van der Waals surface area contributed by atoms with Crippen LogP contribution in [0.5, 0.6) is 5.75 Å². The minimum Gasteiger partial charge on any atom is -0.496 e. The van der Waals surface area contributed by atoms with E-state index in [0.29, 0.717) is 12.6 Å². The molecule has 0 saturated carbocycles. The van der Waals surface area contributed by atoms with Crippen LogP contribution in [0.15, 0.2) is 42.5 Å². The summed E-state index contributed by atoms with van der Waals surface area (Å²) in [4.78, 5) is 16.0. The maximum Gasteiger partial charge on any atom is 0.261 e. The van der Waals surface area contributed by atoms with Gasteiger partial charge in [-0.1, -0.05) is 24.3 Å². The minimum atomic E-state index is 0.00897. The highest BCUT2D eigenvalue weighted by molar-refractivity contribution is 7.21. The number of rotatable bonds is 8. The summed E-state index contributed by atoms with van der Waals surface area (Å²) in [6, 6.07) is 15.0. The van der Waals surface area contributed by atoms with Crippen LogP contribution in [0.1, 0.15) is 39.2 Å². The molecule has 2 aromatic carbocycles. The van der Waals surface area contributed by atoms with Gasteiger partial charge in [0.1, 0.15) is 5.75 Å². The molecule has 31 heavy (non-hydrogen) atoms. The first-order chi connectivity index (χ1) is 15.1. The van der Waals surface area contributed by atoms with Gasteiger partial charge < -0.3 is 14.8 Å². The molecule has 0 bridgehead atoms. The van der Waals surface area contributed by atoms with E-state index in [9.17, 15) is 4.79 Å². The van der Waals surface area contributed by atoms with Crippen LogP contribution in [0.4, 0.5) is 0 Å². The molecule has 1 unspecified atom stereocenters. The van der Waals surface area contributed by atoms with Crippen molar-refractivity contribution < 1.29 is 14.3 Å². The fourth-order valence-electron chi connectivity index (χ4n) is 4.60. The van der Waals surface area contributed by atoms with E-state index in [4.69, 9.17) is 9.47 Å². The van der Waals surface area contributed by atoms with Gasteiger partial charge in [-0.05, 0) is 60.5 Å². The number of hydrogen-bond acceptors (Lipinski definition) is 5. The van der Waals surface area contributed by atoms with Crippen molar-refractivity contribution in [3.05, 3.63) is 64.0 Å². The highest BCUT2D eigenvalue weighted by Gasteiger charge is 2.28. The summed E-state index contributed by atoms with van der Waals surface area (Å²) in [5, 5.41) is 4.03. The minimum absolute atomic E-state index is 0.00897. The monoisotopic (exact) mass is 438 g/mol. The normalized spacial score (nSPS) is 16.7. The van der Waals surface area contributed by atoms with Gasteiger partial charge in [-0.15, -0.1) is 11.3 Å². The van der Waals surface area contributed by atoms with Crippen LogP contribution in [-0.2, 0) is 24.3 Å². The number of hydrogen-bond donors (Lipinski definition) is 1. The summed E-state index contributed by atoms with van der Waals surface area (Å²) in [5.74, 6) is 0.923. The Hall–Kier alpha value is -2.41. The third-order valence-corrected chi connectivity index (χ3v) is 7.31. The molecule has 1 N–H and O–H groups in total. The number of benzene rings is 2. The van der Waals surface area contributed by atoms with Gasteiger partial charge in [0.15, 0.2) is 0 Å². The van der Waals surface area contributed by atoms with Crippen molar-refractivity contribution >= 4 is 27.3 Å². The Morgan fingerprint density at radius 2 is 2.06 bits per heavy atom. The number of nitrogens with one attached hydrogen (secondary N) is 1. The van der Waals surface area contributed by atoms with Crippen molar-refractivity contribution in [2.24, 2.45) is 0 Å². The predicted molar refractivity (Wildman–Crippen MR) is 126 cm³/mol. The van der Waals surface area contributed by atoms with Crippen LogP contribution >= 0.6 is 11.3 Å². The zero-order valence-electron chi connectivity index (χ0n) is 18.4. The Labute approximate surface area is 188 Å². The lowest BCUT2D eigenvalue weighted by Gasteiger charge is -2.26. The molecule has 6 heteroatoms. The fraction of sp³-hybridized carbons (Fsp3) is 0.400. The van der Waals surface area contributed by atoms with E-state index in [1.54, 1.807) is 32.6 Å². The molecular formula is C25H30N2O3S. The summed E-state index contributed by atoms with van der Waals surface area (Å²) in [5.41, 5.74) is 3.52. The summed E-state index contributed by atoms with van der Waals surface area (Å²) in [6.45, 7) is 2.49. The van der Waals surface area contributed by atoms with Gasteiger partial charge in [-0.3, -0.25) is 9.69 Å². The summed E-state index contributed by atoms with van der Waals surface area (Å²) < 4.78 is 12.1. The largest absolute Gasteiger partial charge is 0.496 e. The number of methoxy groups -OCH3 is 2. The van der Waals surface area contributed by atoms with Gasteiger partial charge in [0.05, 0.1) is 18.6 Å². The number of thiophene rings is 1. The van der Waals surface area contributed by atoms with E-state index in [2.05, 4.69) is 40.5 Å². The van der Waals surface area contributed by atoms with E-state index in [1.165, 1.54) is 27.6 Å². The first-order valence-electron chi connectivity index (χ1n) is 10.8. The Bertz CT molecular complexity index is 1060. The highest BCUT2D eigenvalue weighted by Crippen LogP contribution is 2.35. The van der Waals surface area contributed by atoms with Crippen molar-refractivity contribution in [1.82, 2.24) is 10.2 Å². The summed E-state index contributed by atoms with van der Waals surface area (Å²) in [7, 11) is 5.15. The van der Waals surface area contributed by atoms with Crippen molar-refractivity contribution in [1.29, 1.82) is 0 Å². The molecule has 0 spiro atoms. The predicted octanol–water partition coefficient (Wildman–Crippen LogP) is 4.62. The molecule has 1 aromatic heterocycles. The van der Waals surface area contributed by atoms with Crippen LogP contribution in [0.3, 0.4) is 0 Å². The average molecular weight is 439 g/mol. The third kappa shape index (κ3) is 4.61. The van der Waals surface area contributed by atoms with Gasteiger partial charge in [0, 0.05) is 37.0 Å². The molecule has 0 aliphatic carbocycles. The third-order valence-electron chi connectivity index (χ3n) is 6.10. The molecule has 1 atom stereocenters. The maximum absolute atomic E-state index is 12.6. The smallest absolute Gasteiger partial charge is 0.261 e. The fourth-order valence-corrected chi connectivity index (χ4v) is 5.78. The van der Waals surface area contributed by atoms with E-state index < -0.39 is 0 Å². The number of ether oxygens (including phenoxy) is 2. The van der Waals surface area contributed by atoms with E-state index in [1.807, 2.05) is 12.1 Å². The SMILES string of the molecule is CNC(=O)c1sc2ccccc2c1CC1CCCN1Cc1cc(COC)ccc1OC. The van der Waals surface area contributed by atoms with E-state index in [-0.39, 0.29) is 5.91 Å². The zero-order valence-corrected chi connectivity index (χ0v) is 19.3.